The van der Waals surface area contributed by atoms with Crippen molar-refractivity contribution in [2.24, 2.45) is 0 Å². The molecule has 0 fully saturated rings. The lowest BCUT2D eigenvalue weighted by Crippen LogP contribution is -2.18. The van der Waals surface area contributed by atoms with Crippen molar-refractivity contribution in [3.63, 3.8) is 0 Å². The molecule has 0 aliphatic rings. The summed E-state index contributed by atoms with van der Waals surface area (Å²) >= 11 is 0. The van der Waals surface area contributed by atoms with E-state index in [1.807, 2.05) is 0 Å². The smallest absolute Gasteiger partial charge is 0.387 e. The Morgan fingerprint density at radius 1 is 1.14 bits per heavy atom. The van der Waals surface area contributed by atoms with Gasteiger partial charge in [0.15, 0.2) is 11.5 Å². The molecule has 0 aliphatic carbocycles. The molecule has 2 aromatic carbocycles. The van der Waals surface area contributed by atoms with Crippen LogP contribution in [0, 0.1) is 0 Å². The van der Waals surface area contributed by atoms with Gasteiger partial charge in [0.25, 0.3) is 5.91 Å². The second-order valence-corrected chi connectivity index (χ2v) is 5.50. The minimum Gasteiger partial charge on any atom is -0.490 e. The van der Waals surface area contributed by atoms with E-state index >= 15 is 0 Å². The Bertz CT molecular complexity index is 869. The number of amides is 2. The fourth-order valence-corrected chi connectivity index (χ4v) is 2.33. The van der Waals surface area contributed by atoms with E-state index < -0.39 is 12.5 Å². The fourth-order valence-electron chi connectivity index (χ4n) is 2.33. The maximum absolute atomic E-state index is 12.4. The number of anilines is 1. The number of carbonyl (C=O) groups excluding carboxylic acids is 2. The predicted octanol–water partition coefficient (Wildman–Crippen LogP) is 3.70. The number of halogens is 2. The van der Waals surface area contributed by atoms with Crippen LogP contribution in [0.3, 0.4) is 0 Å². The molecule has 148 valence electrons. The SMILES string of the molecule is CCOc1cc(/C=C/C(=O)Nc2cccc(C(=O)NC)c2)ccc1OC(F)F. The molecule has 0 heterocycles. The molecule has 2 aromatic rings. The van der Waals surface area contributed by atoms with Crippen molar-refractivity contribution in [3.05, 3.63) is 59.7 Å². The van der Waals surface area contributed by atoms with Crippen LogP contribution >= 0.6 is 0 Å². The number of alkyl halides is 2. The molecule has 0 saturated carbocycles. The quantitative estimate of drug-likeness (QED) is 0.674. The zero-order valence-corrected chi connectivity index (χ0v) is 15.4. The lowest BCUT2D eigenvalue weighted by Gasteiger charge is -2.11. The molecule has 28 heavy (non-hydrogen) atoms. The third-order valence-electron chi connectivity index (χ3n) is 3.53. The van der Waals surface area contributed by atoms with Crippen LogP contribution in [-0.2, 0) is 4.79 Å². The van der Waals surface area contributed by atoms with E-state index in [1.165, 1.54) is 37.4 Å². The molecule has 6 nitrogen and oxygen atoms in total. The van der Waals surface area contributed by atoms with Crippen molar-refractivity contribution in [2.45, 2.75) is 13.5 Å². The van der Waals surface area contributed by atoms with Crippen LogP contribution in [0.15, 0.2) is 48.5 Å². The third-order valence-corrected chi connectivity index (χ3v) is 3.53. The van der Waals surface area contributed by atoms with E-state index in [9.17, 15) is 18.4 Å². The van der Waals surface area contributed by atoms with Crippen LogP contribution in [-0.4, -0.2) is 32.1 Å². The average Bonchev–Trinajstić information content (AvgIpc) is 2.67. The standard InChI is InChI=1S/C20H20F2N2O4/c1-3-27-17-11-13(7-9-16(17)28-20(21)22)8-10-18(25)24-15-6-4-5-14(12-15)19(26)23-2/h4-12,20H,3H2,1-2H3,(H,23,26)(H,24,25)/b10-8+. The molecule has 0 saturated heterocycles. The summed E-state index contributed by atoms with van der Waals surface area (Å²) in [6.45, 7) is -0.971. The highest BCUT2D eigenvalue weighted by Crippen LogP contribution is 2.30. The van der Waals surface area contributed by atoms with Gasteiger partial charge in [0.05, 0.1) is 6.61 Å². The van der Waals surface area contributed by atoms with Gasteiger partial charge in [-0.15, -0.1) is 0 Å². The van der Waals surface area contributed by atoms with Gasteiger partial charge in [-0.1, -0.05) is 12.1 Å². The summed E-state index contributed by atoms with van der Waals surface area (Å²) in [5.74, 6) is -0.603. The Hall–Kier alpha value is -3.42. The number of carbonyl (C=O) groups is 2. The van der Waals surface area contributed by atoms with Gasteiger partial charge in [-0.3, -0.25) is 9.59 Å². The van der Waals surface area contributed by atoms with E-state index in [4.69, 9.17) is 4.74 Å². The van der Waals surface area contributed by atoms with E-state index in [2.05, 4.69) is 15.4 Å². The lowest BCUT2D eigenvalue weighted by atomic mass is 10.1. The van der Waals surface area contributed by atoms with Crippen LogP contribution in [0.1, 0.15) is 22.8 Å². The summed E-state index contributed by atoms with van der Waals surface area (Å²) in [4.78, 5) is 23.7. The zero-order chi connectivity index (χ0) is 20.5. The molecule has 0 spiro atoms. The molecule has 0 unspecified atom stereocenters. The largest absolute Gasteiger partial charge is 0.490 e. The first-order chi connectivity index (χ1) is 13.4. The summed E-state index contributed by atoms with van der Waals surface area (Å²) in [5.41, 5.74) is 1.45. The van der Waals surface area contributed by atoms with Gasteiger partial charge in [0.1, 0.15) is 0 Å². The summed E-state index contributed by atoms with van der Waals surface area (Å²) in [6, 6.07) is 10.9. The normalized spacial score (nSPS) is 10.8. The van der Waals surface area contributed by atoms with Crippen LogP contribution in [0.5, 0.6) is 11.5 Å². The van der Waals surface area contributed by atoms with Gasteiger partial charge in [0, 0.05) is 24.4 Å². The second kappa shape index (κ2) is 10.1. The molecule has 2 N–H and O–H groups in total. The number of hydrogen-bond acceptors (Lipinski definition) is 4. The number of nitrogens with one attached hydrogen (secondary N) is 2. The van der Waals surface area contributed by atoms with Gasteiger partial charge in [0.2, 0.25) is 5.91 Å². The van der Waals surface area contributed by atoms with E-state index in [1.54, 1.807) is 31.2 Å². The van der Waals surface area contributed by atoms with Crippen molar-refractivity contribution in [3.8, 4) is 11.5 Å². The van der Waals surface area contributed by atoms with Crippen molar-refractivity contribution >= 4 is 23.6 Å². The monoisotopic (exact) mass is 390 g/mol. The first kappa shape index (κ1) is 20.9. The van der Waals surface area contributed by atoms with E-state index in [-0.39, 0.29) is 24.0 Å². The predicted molar refractivity (Wildman–Crippen MR) is 102 cm³/mol. The molecule has 2 amide bonds. The molecule has 0 atom stereocenters. The van der Waals surface area contributed by atoms with Gasteiger partial charge >= 0.3 is 6.61 Å². The van der Waals surface area contributed by atoms with Crippen molar-refractivity contribution in [2.75, 3.05) is 19.0 Å². The van der Waals surface area contributed by atoms with Gasteiger partial charge in [-0.2, -0.15) is 8.78 Å². The zero-order valence-electron chi connectivity index (χ0n) is 15.4. The molecule has 0 aromatic heterocycles. The van der Waals surface area contributed by atoms with Crippen LogP contribution in [0.4, 0.5) is 14.5 Å². The van der Waals surface area contributed by atoms with Crippen molar-refractivity contribution in [1.82, 2.24) is 5.32 Å². The van der Waals surface area contributed by atoms with Crippen LogP contribution in [0.25, 0.3) is 6.08 Å². The maximum atomic E-state index is 12.4. The highest BCUT2D eigenvalue weighted by molar-refractivity contribution is 6.03. The summed E-state index contributed by atoms with van der Waals surface area (Å²) in [5, 5.41) is 5.15. The molecule has 2 rings (SSSR count). The molecule has 0 radical (unpaired) electrons. The Morgan fingerprint density at radius 3 is 2.61 bits per heavy atom. The number of hydrogen-bond donors (Lipinski definition) is 2. The first-order valence-electron chi connectivity index (χ1n) is 8.45. The molecule has 0 bridgehead atoms. The first-order valence-corrected chi connectivity index (χ1v) is 8.45. The summed E-state index contributed by atoms with van der Waals surface area (Å²) < 4.78 is 34.6. The Labute approximate surface area is 161 Å². The number of benzene rings is 2. The van der Waals surface area contributed by atoms with Crippen LogP contribution in [0.2, 0.25) is 0 Å². The minimum absolute atomic E-state index is 0.0792. The van der Waals surface area contributed by atoms with Crippen molar-refractivity contribution in [1.29, 1.82) is 0 Å². The van der Waals surface area contributed by atoms with Gasteiger partial charge in [-0.25, -0.2) is 0 Å². The van der Waals surface area contributed by atoms with Crippen molar-refractivity contribution < 1.29 is 27.8 Å². The second-order valence-electron chi connectivity index (χ2n) is 5.50. The molecule has 8 heteroatoms. The van der Waals surface area contributed by atoms with E-state index in [0.29, 0.717) is 16.8 Å². The number of rotatable bonds is 8. The average molecular weight is 390 g/mol. The summed E-state index contributed by atoms with van der Waals surface area (Å²) in [7, 11) is 1.52. The summed E-state index contributed by atoms with van der Waals surface area (Å²) in [6.07, 6.45) is 2.79. The number of ether oxygens (including phenoxy) is 2. The maximum Gasteiger partial charge on any atom is 0.387 e. The van der Waals surface area contributed by atoms with Crippen LogP contribution < -0.4 is 20.1 Å². The highest BCUT2D eigenvalue weighted by Gasteiger charge is 2.11. The third kappa shape index (κ3) is 6.08. The molecule has 0 aliphatic heterocycles. The molecular formula is C20H20F2N2O4. The highest BCUT2D eigenvalue weighted by atomic mass is 19.3. The fraction of sp³-hybridized carbons (Fsp3) is 0.200. The van der Waals surface area contributed by atoms with Gasteiger partial charge in [-0.05, 0) is 48.9 Å². The minimum atomic E-state index is -2.96. The topological polar surface area (TPSA) is 76.7 Å². The van der Waals surface area contributed by atoms with Gasteiger partial charge < -0.3 is 20.1 Å². The van der Waals surface area contributed by atoms with E-state index in [0.717, 1.165) is 0 Å². The Morgan fingerprint density at radius 2 is 1.93 bits per heavy atom. The Kier molecular flexibility index (Phi) is 7.50. The Balaban J connectivity index is 2.09. The molecular weight excluding hydrogens is 370 g/mol. The lowest BCUT2D eigenvalue weighted by molar-refractivity contribution is -0.111.